The number of carbonyl (C=O) groups excluding carboxylic acids is 3. The predicted molar refractivity (Wildman–Crippen MR) is 458 cm³/mol. The zero-order chi connectivity index (χ0) is 80.8. The lowest BCUT2D eigenvalue weighted by molar-refractivity contribution is -0.125. The maximum atomic E-state index is 13.4. The quantitative estimate of drug-likeness (QED) is 0.0518. The number of imidazole rings is 1. The number of nitrogens with one attached hydrogen (secondary N) is 4. The van der Waals surface area contributed by atoms with Gasteiger partial charge in [-0.1, -0.05) is 46.4 Å². The van der Waals surface area contributed by atoms with Crippen molar-refractivity contribution in [3.05, 3.63) is 283 Å². The van der Waals surface area contributed by atoms with E-state index in [1.54, 1.807) is 41.2 Å². The minimum atomic E-state index is -0.296. The molecule has 6 saturated heterocycles. The summed E-state index contributed by atoms with van der Waals surface area (Å²) in [7, 11) is 0. The van der Waals surface area contributed by atoms with Crippen molar-refractivity contribution in [3.63, 3.8) is 0 Å². The van der Waals surface area contributed by atoms with Gasteiger partial charge in [-0.2, -0.15) is 0 Å². The van der Waals surface area contributed by atoms with Crippen LogP contribution in [-0.4, -0.2) is 175 Å². The topological polar surface area (TPSA) is 161 Å². The van der Waals surface area contributed by atoms with Crippen LogP contribution in [0.1, 0.15) is 97.3 Å². The second-order valence-corrected chi connectivity index (χ2v) is 32.9. The van der Waals surface area contributed by atoms with Gasteiger partial charge in [0.1, 0.15) is 23.3 Å². The number of H-pyrrole nitrogens is 1. The molecule has 4 N–H and O–H groups in total. The highest BCUT2D eigenvalue weighted by Crippen LogP contribution is 2.42. The number of nitrogens with zero attached hydrogens (tertiary/aromatic N) is 10. The lowest BCUT2D eigenvalue weighted by Gasteiger charge is -2.32. The second-order valence-electron chi connectivity index (χ2n) is 31.1. The molecule has 0 atom stereocenters. The Morgan fingerprint density at radius 1 is 0.350 bits per heavy atom. The first kappa shape index (κ1) is 80.6. The minimum absolute atomic E-state index is 0.0552. The minimum Gasteiger partial charge on any atom is -0.336 e. The van der Waals surface area contributed by atoms with Gasteiger partial charge in [0.05, 0.1) is 28.6 Å². The summed E-state index contributed by atoms with van der Waals surface area (Å²) < 4.78 is 63.7. The molecule has 18 nitrogen and oxygen atoms in total. The van der Waals surface area contributed by atoms with E-state index >= 15 is 0 Å². The summed E-state index contributed by atoms with van der Waals surface area (Å²) >= 11 is 25.2. The number of imide groups is 1. The fourth-order valence-corrected chi connectivity index (χ4v) is 18.4. The molecule has 0 aliphatic carbocycles. The zero-order valence-corrected chi connectivity index (χ0v) is 67.8. The van der Waals surface area contributed by atoms with Crippen molar-refractivity contribution in [1.29, 1.82) is 0 Å². The molecule has 5 aromatic heterocycles. The molecule has 0 unspecified atom stereocenters. The molecule has 606 valence electrons. The largest absolute Gasteiger partial charge is 0.336 e. The molecule has 19 rings (SSSR count). The van der Waals surface area contributed by atoms with E-state index in [9.17, 15) is 36.7 Å². The van der Waals surface area contributed by atoms with Gasteiger partial charge in [-0.25, -0.2) is 31.9 Å². The molecule has 0 bridgehead atoms. The van der Waals surface area contributed by atoms with Gasteiger partial charge < -0.3 is 58.8 Å². The lowest BCUT2D eigenvalue weighted by Crippen LogP contribution is -2.41. The number of aromatic amines is 1. The zero-order valence-electron chi connectivity index (χ0n) is 64.7. The van der Waals surface area contributed by atoms with Gasteiger partial charge in [0.15, 0.2) is 0 Å². The third-order valence-electron chi connectivity index (χ3n) is 24.1. The third kappa shape index (κ3) is 18.6. The molecule has 0 spiro atoms. The molecule has 6 aliphatic rings. The first-order valence-corrected chi connectivity index (χ1v) is 41.9. The van der Waals surface area contributed by atoms with Gasteiger partial charge in [-0.3, -0.25) is 14.3 Å². The number of hydrogen-bond acceptors (Lipinski definition) is 8. The number of likely N-dealkylation sites (tertiary alicyclic amines) is 3. The SMILES string of the molecule is Fc1ccc(-n2cc(C3CCNCC3)c3cc(Cl)ccc32)cc1.O=C1CNC(=O)N1CCN1CCC(c2cn(-c3ccc(F)cc3)c3ccc(Cl)cc23)CC1.O=C1NCCN1CCN1CCC(c2cn(-c3ccc(F)cc3)c3ccc(Cl)cc23)CC1.O=c1[nH]ccn1CCN1CCC(c2cn(-c3ccc(F)cc3)c3ccc(Cl)cc23)CC1. The summed E-state index contributed by atoms with van der Waals surface area (Å²) in [6.07, 6.45) is 20.7. The molecule has 11 heterocycles. The number of halogens is 8. The maximum Gasteiger partial charge on any atom is 0.325 e. The van der Waals surface area contributed by atoms with E-state index < -0.39 is 0 Å². The number of benzene rings is 8. The molecule has 6 aliphatic heterocycles. The average Bonchev–Trinajstić information content (AvgIpc) is 1.63. The molecule has 8 aromatic carbocycles. The first-order chi connectivity index (χ1) is 56.9. The number of amides is 5. The van der Waals surface area contributed by atoms with Crippen molar-refractivity contribution in [2.75, 3.05) is 105 Å². The van der Waals surface area contributed by atoms with Crippen LogP contribution in [0.2, 0.25) is 20.1 Å². The van der Waals surface area contributed by atoms with Gasteiger partial charge in [-0.15, -0.1) is 0 Å². The van der Waals surface area contributed by atoms with Crippen LogP contribution in [0.15, 0.2) is 212 Å². The van der Waals surface area contributed by atoms with Gasteiger partial charge in [0.25, 0.3) is 0 Å². The summed E-state index contributed by atoms with van der Waals surface area (Å²) in [5, 5.41) is 16.4. The molecule has 6 fully saturated rings. The highest BCUT2D eigenvalue weighted by atomic mass is 35.5. The Kier molecular flexibility index (Phi) is 25.1. The predicted octanol–water partition coefficient (Wildman–Crippen LogP) is 18.5. The summed E-state index contributed by atoms with van der Waals surface area (Å²) in [6, 6.07) is 50.0. The number of fused-ring (bicyclic) bond motifs is 4. The standard InChI is InChI=1S/C24H24ClFN4O2.C24H26ClFN4O.C24H24ClFN4O.C19H18ClFN2/c25-17-1-6-22-20(13-17)21(15-30(22)19-4-2-18(26)3-5-19)16-7-9-28(10-8-16)11-12-29-23(31)14-27-24(29)32;2*25-18-1-6-23-21(15-18)22(16-30(23)20-4-2-19(26)3-5-20)17-7-10-28(11-8-17)13-14-29-12-9-27-24(29)31;20-14-1-6-19-17(11-14)18(13-7-9-22-10-8-13)12-23(19)16-4-2-15(21)3-5-16/h1-6,13,15-16H,7-12,14H2,(H,27,32);1-6,15-17H,7-14H2,(H,27,31);1-6,9,12,15-17H,7-8,10-11,13-14H2,(H,27,31);1-6,11-13,22H,7-10H2. The monoisotopic (exact) mass is 1660 g/mol. The van der Waals surface area contributed by atoms with Crippen LogP contribution < -0.4 is 21.6 Å². The highest BCUT2D eigenvalue weighted by molar-refractivity contribution is 6.32. The van der Waals surface area contributed by atoms with E-state index in [-0.39, 0.29) is 53.5 Å². The number of piperidine rings is 4. The normalized spacial score (nSPS) is 17.0. The molecule has 5 amide bonds. The Bertz CT molecular complexity index is 5720. The van der Waals surface area contributed by atoms with Crippen molar-refractivity contribution < 1.29 is 31.9 Å². The van der Waals surface area contributed by atoms with E-state index in [4.69, 9.17) is 46.4 Å². The van der Waals surface area contributed by atoms with Crippen LogP contribution >= 0.6 is 46.4 Å². The third-order valence-corrected chi connectivity index (χ3v) is 25.0. The number of rotatable bonds is 17. The van der Waals surface area contributed by atoms with E-state index in [0.717, 1.165) is 207 Å². The summed E-state index contributed by atoms with van der Waals surface area (Å²) in [4.78, 5) is 60.0. The molecular weight excluding hydrogens is 1570 g/mol. The van der Waals surface area contributed by atoms with Crippen molar-refractivity contribution in [2.45, 2.75) is 81.6 Å². The smallest absolute Gasteiger partial charge is 0.325 e. The van der Waals surface area contributed by atoms with Crippen molar-refractivity contribution >= 4 is 108 Å². The van der Waals surface area contributed by atoms with Crippen molar-refractivity contribution in [2.24, 2.45) is 0 Å². The van der Waals surface area contributed by atoms with E-state index in [2.05, 4.69) is 78.7 Å². The van der Waals surface area contributed by atoms with Crippen LogP contribution in [-0.2, 0) is 11.3 Å². The van der Waals surface area contributed by atoms with Gasteiger partial charge >= 0.3 is 17.8 Å². The lowest BCUT2D eigenvalue weighted by atomic mass is 9.89. The number of urea groups is 2. The Morgan fingerprint density at radius 2 is 0.684 bits per heavy atom. The Morgan fingerprint density at radius 3 is 0.991 bits per heavy atom. The molecule has 26 heteroatoms. The van der Waals surface area contributed by atoms with Crippen LogP contribution in [0.3, 0.4) is 0 Å². The molecule has 0 saturated carbocycles. The van der Waals surface area contributed by atoms with Crippen LogP contribution in [0.25, 0.3) is 66.4 Å². The van der Waals surface area contributed by atoms with E-state index in [1.807, 2.05) is 102 Å². The van der Waals surface area contributed by atoms with Crippen LogP contribution in [0, 0.1) is 23.3 Å². The summed E-state index contributed by atoms with van der Waals surface area (Å²) in [6.45, 7) is 14.0. The highest BCUT2D eigenvalue weighted by Gasteiger charge is 2.32. The van der Waals surface area contributed by atoms with E-state index in [1.165, 1.54) is 86.5 Å². The average molecular weight is 1660 g/mol. The molecule has 0 radical (unpaired) electrons. The molecule has 13 aromatic rings. The van der Waals surface area contributed by atoms with Crippen molar-refractivity contribution in [1.82, 2.24) is 68.3 Å². The number of hydrogen-bond donors (Lipinski definition) is 4. The van der Waals surface area contributed by atoms with E-state index in [0.29, 0.717) is 48.3 Å². The Labute approximate surface area is 696 Å². The number of aromatic nitrogens is 6. The second kappa shape index (κ2) is 36.4. The van der Waals surface area contributed by atoms with Gasteiger partial charge in [0.2, 0.25) is 5.91 Å². The Balaban J connectivity index is 0.000000118. The molecule has 117 heavy (non-hydrogen) atoms. The van der Waals surface area contributed by atoms with Gasteiger partial charge in [-0.05, 0) is 320 Å². The first-order valence-electron chi connectivity index (χ1n) is 40.4. The fourth-order valence-electron chi connectivity index (χ4n) is 17.7. The van der Waals surface area contributed by atoms with Crippen molar-refractivity contribution in [3.8, 4) is 22.7 Å². The molecular formula is C91H92Cl4F4N14O4. The fraction of sp³-hybridized carbons (Fsp3) is 0.319. The van der Waals surface area contributed by atoms with Crippen LogP contribution in [0.5, 0.6) is 0 Å². The summed E-state index contributed by atoms with van der Waals surface area (Å²) in [5.74, 6) is 0.712. The number of carbonyl (C=O) groups is 3. The van der Waals surface area contributed by atoms with Crippen LogP contribution in [0.4, 0.5) is 27.2 Å². The summed E-state index contributed by atoms with van der Waals surface area (Å²) in [5.41, 5.74) is 13.3. The maximum absolute atomic E-state index is 13.4. The van der Waals surface area contributed by atoms with Gasteiger partial charge in [0, 0.05) is 154 Å². The Hall–Kier alpha value is -10.1.